The highest BCUT2D eigenvalue weighted by Crippen LogP contribution is 2.43. The number of nitrogens with zero attached hydrogens (tertiary/aromatic N) is 2. The molecular weight excluding hydrogens is 338 g/mol. The average molecular weight is 355 g/mol. The molecule has 1 N–H and O–H groups in total. The minimum absolute atomic E-state index is 0.0982. The summed E-state index contributed by atoms with van der Waals surface area (Å²) >= 11 is 0. The molecule has 3 rings (SSSR count). The number of nitro benzene ring substituents is 1. The minimum atomic E-state index is -0.957. The summed E-state index contributed by atoms with van der Waals surface area (Å²) in [5, 5.41) is 14.0. The lowest BCUT2D eigenvalue weighted by Gasteiger charge is -2.37. The number of carbonyl (C=O) groups is 1. The number of benzene rings is 1. The zero-order chi connectivity index (χ0) is 19.1. The first kappa shape index (κ1) is 17.4. The van der Waals surface area contributed by atoms with Crippen molar-refractivity contribution in [3.63, 3.8) is 0 Å². The Labute approximate surface area is 148 Å². The Morgan fingerprint density at radius 3 is 2.62 bits per heavy atom. The molecule has 8 heteroatoms. The van der Waals surface area contributed by atoms with Crippen molar-refractivity contribution in [2.75, 3.05) is 0 Å². The van der Waals surface area contributed by atoms with Gasteiger partial charge in [0.2, 0.25) is 6.41 Å². The van der Waals surface area contributed by atoms with Crippen LogP contribution in [0.15, 0.2) is 47.0 Å². The summed E-state index contributed by atoms with van der Waals surface area (Å²) in [5.41, 5.74) is 0.0598. The van der Waals surface area contributed by atoms with Gasteiger partial charge in [-0.1, -0.05) is 6.07 Å². The Hall–Kier alpha value is -3.42. The van der Waals surface area contributed by atoms with Crippen LogP contribution < -0.4 is 15.6 Å². The lowest BCUT2D eigenvalue weighted by Crippen LogP contribution is -2.43. The second-order valence-corrected chi connectivity index (χ2v) is 6.35. The number of aromatic nitrogens is 1. The first-order chi connectivity index (χ1) is 12.3. The van der Waals surface area contributed by atoms with E-state index in [0.717, 1.165) is 0 Å². The summed E-state index contributed by atoms with van der Waals surface area (Å²) in [4.78, 5) is 34.5. The maximum atomic E-state index is 12.5. The van der Waals surface area contributed by atoms with Crippen LogP contribution in [0.4, 0.5) is 5.69 Å². The minimum Gasteiger partial charge on any atom is -0.481 e. The van der Waals surface area contributed by atoms with E-state index < -0.39 is 10.5 Å². The van der Waals surface area contributed by atoms with E-state index in [2.05, 4.69) is 5.32 Å². The molecule has 0 saturated carbocycles. The van der Waals surface area contributed by atoms with Crippen molar-refractivity contribution in [1.82, 2.24) is 9.88 Å². The molecule has 0 atom stereocenters. The summed E-state index contributed by atoms with van der Waals surface area (Å²) in [6.45, 7) is 5.07. The fraction of sp³-hybridized carbons (Fsp3) is 0.222. The molecule has 1 aromatic heterocycles. The third-order valence-electron chi connectivity index (χ3n) is 4.30. The number of ether oxygens (including phenoxy) is 1. The maximum Gasteiger partial charge on any atom is 0.273 e. The lowest BCUT2D eigenvalue weighted by atomic mass is 9.91. The average Bonchev–Trinajstić information content (AvgIpc) is 2.56. The number of hydrogen-bond donors (Lipinski definition) is 1. The first-order valence-electron chi connectivity index (χ1n) is 7.88. The highest BCUT2D eigenvalue weighted by molar-refractivity contribution is 5.82. The molecule has 0 aliphatic carbocycles. The van der Waals surface area contributed by atoms with Gasteiger partial charge in [-0.3, -0.25) is 24.3 Å². The third kappa shape index (κ3) is 2.65. The Morgan fingerprint density at radius 1 is 1.27 bits per heavy atom. The summed E-state index contributed by atoms with van der Waals surface area (Å²) < 4.78 is 7.33. The highest BCUT2D eigenvalue weighted by Gasteiger charge is 2.38. The molecule has 2 heterocycles. The van der Waals surface area contributed by atoms with E-state index >= 15 is 0 Å². The topological polar surface area (TPSA) is 103 Å². The van der Waals surface area contributed by atoms with Crippen LogP contribution in [-0.4, -0.2) is 21.5 Å². The quantitative estimate of drug-likeness (QED) is 0.514. The molecule has 0 unspecified atom stereocenters. The highest BCUT2D eigenvalue weighted by atomic mass is 16.6. The fourth-order valence-corrected chi connectivity index (χ4v) is 3.14. The van der Waals surface area contributed by atoms with Gasteiger partial charge in [0, 0.05) is 23.9 Å². The Bertz CT molecular complexity index is 1000. The normalized spacial score (nSPS) is 15.0. The van der Waals surface area contributed by atoms with Crippen molar-refractivity contribution in [3.8, 4) is 5.75 Å². The van der Waals surface area contributed by atoms with Crippen LogP contribution >= 0.6 is 0 Å². The van der Waals surface area contributed by atoms with Gasteiger partial charge in [-0.15, -0.1) is 0 Å². The summed E-state index contributed by atoms with van der Waals surface area (Å²) in [7, 11) is 0. The van der Waals surface area contributed by atoms with Crippen LogP contribution in [-0.2, 0) is 4.79 Å². The molecule has 134 valence electrons. The molecule has 1 aliphatic heterocycles. The van der Waals surface area contributed by atoms with Crippen LogP contribution in [0.1, 0.15) is 25.0 Å². The van der Waals surface area contributed by atoms with E-state index in [0.29, 0.717) is 34.7 Å². The first-order valence-corrected chi connectivity index (χ1v) is 7.88. The summed E-state index contributed by atoms with van der Waals surface area (Å²) in [6.07, 6.45) is 2.04. The molecule has 26 heavy (non-hydrogen) atoms. The van der Waals surface area contributed by atoms with Crippen LogP contribution in [0.25, 0.3) is 5.70 Å². The van der Waals surface area contributed by atoms with Gasteiger partial charge in [0.05, 0.1) is 21.9 Å². The van der Waals surface area contributed by atoms with Crippen LogP contribution in [0.2, 0.25) is 0 Å². The predicted molar refractivity (Wildman–Crippen MR) is 94.8 cm³/mol. The van der Waals surface area contributed by atoms with Gasteiger partial charge in [-0.2, -0.15) is 0 Å². The van der Waals surface area contributed by atoms with Crippen LogP contribution in [0.5, 0.6) is 5.75 Å². The Morgan fingerprint density at radius 2 is 2.00 bits per heavy atom. The molecular formula is C18H17N3O5. The number of amides is 1. The van der Waals surface area contributed by atoms with Gasteiger partial charge in [-0.25, -0.2) is 0 Å². The van der Waals surface area contributed by atoms with E-state index in [1.165, 1.54) is 22.8 Å². The van der Waals surface area contributed by atoms with E-state index in [1.807, 2.05) is 0 Å². The molecule has 0 fully saturated rings. The second-order valence-electron chi connectivity index (χ2n) is 6.35. The number of rotatable bonds is 4. The number of pyridine rings is 1. The van der Waals surface area contributed by atoms with E-state index in [9.17, 15) is 19.7 Å². The smallest absolute Gasteiger partial charge is 0.273 e. The van der Waals surface area contributed by atoms with E-state index in [4.69, 9.17) is 4.74 Å². The molecule has 0 spiro atoms. The standard InChI is InChI=1S/C18H17N3O5/c1-11-12(21(24)25)7-8-13-15(11)16(20-9-5-4-6-14(20)23)17(19-10-22)18(2,3)26-13/h4-10H,1-3H3,(H,19,22). The molecule has 1 aromatic carbocycles. The van der Waals surface area contributed by atoms with Crippen molar-refractivity contribution >= 4 is 17.8 Å². The van der Waals surface area contributed by atoms with Crippen molar-refractivity contribution in [2.45, 2.75) is 26.4 Å². The van der Waals surface area contributed by atoms with Gasteiger partial charge < -0.3 is 10.1 Å². The second kappa shape index (κ2) is 6.14. The number of nitro groups is 1. The SMILES string of the molecule is Cc1c([N+](=O)[O-])ccc2c1C(n1ccccc1=O)=C(NC=O)C(C)(C)O2. The molecule has 0 bridgehead atoms. The molecule has 1 amide bonds. The van der Waals surface area contributed by atoms with E-state index in [-0.39, 0.29) is 11.2 Å². The zero-order valence-electron chi connectivity index (χ0n) is 14.5. The molecule has 0 saturated heterocycles. The van der Waals surface area contributed by atoms with Crippen molar-refractivity contribution in [3.05, 3.63) is 73.8 Å². The maximum absolute atomic E-state index is 12.5. The zero-order valence-corrected chi connectivity index (χ0v) is 14.5. The van der Waals surface area contributed by atoms with Crippen molar-refractivity contribution in [2.24, 2.45) is 0 Å². The van der Waals surface area contributed by atoms with Gasteiger partial charge in [0.1, 0.15) is 11.4 Å². The Balaban J connectivity index is 2.47. The van der Waals surface area contributed by atoms with Gasteiger partial charge in [-0.05, 0) is 32.9 Å². The van der Waals surface area contributed by atoms with Gasteiger partial charge in [0.15, 0.2) is 0 Å². The van der Waals surface area contributed by atoms with E-state index in [1.54, 1.807) is 39.1 Å². The van der Waals surface area contributed by atoms with Crippen LogP contribution in [0, 0.1) is 17.0 Å². The summed E-state index contributed by atoms with van der Waals surface area (Å²) in [6, 6.07) is 7.52. The van der Waals surface area contributed by atoms with Crippen LogP contribution in [0.3, 0.4) is 0 Å². The lowest BCUT2D eigenvalue weighted by molar-refractivity contribution is -0.385. The monoisotopic (exact) mass is 355 g/mol. The third-order valence-corrected chi connectivity index (χ3v) is 4.30. The van der Waals surface area contributed by atoms with Gasteiger partial charge in [0.25, 0.3) is 11.2 Å². The predicted octanol–water partition coefficient (Wildman–Crippen LogP) is 2.20. The number of hydrogen-bond acceptors (Lipinski definition) is 5. The molecule has 0 radical (unpaired) electrons. The Kier molecular flexibility index (Phi) is 4.11. The number of nitrogens with one attached hydrogen (secondary N) is 1. The summed E-state index contributed by atoms with van der Waals surface area (Å²) in [5.74, 6) is 0.403. The largest absolute Gasteiger partial charge is 0.481 e. The molecule has 1 aliphatic rings. The molecule has 8 nitrogen and oxygen atoms in total. The molecule has 2 aromatic rings. The fourth-order valence-electron chi connectivity index (χ4n) is 3.14. The van der Waals surface area contributed by atoms with Crippen molar-refractivity contribution < 1.29 is 14.5 Å². The van der Waals surface area contributed by atoms with Gasteiger partial charge >= 0.3 is 0 Å². The number of fused-ring (bicyclic) bond motifs is 1. The number of carbonyl (C=O) groups excluding carboxylic acids is 1. The van der Waals surface area contributed by atoms with Crippen molar-refractivity contribution in [1.29, 1.82) is 0 Å².